The first-order valence-corrected chi connectivity index (χ1v) is 7.43. The Balaban J connectivity index is 1.69. The highest BCUT2D eigenvalue weighted by Crippen LogP contribution is 2.52. The van der Waals surface area contributed by atoms with Crippen LogP contribution in [0.5, 0.6) is 0 Å². The van der Waals surface area contributed by atoms with E-state index >= 15 is 0 Å². The molecule has 0 aromatic carbocycles. The van der Waals surface area contributed by atoms with E-state index in [0.717, 1.165) is 26.1 Å². The third-order valence-electron chi connectivity index (χ3n) is 5.10. The zero-order valence-electron chi connectivity index (χ0n) is 11.7. The minimum absolute atomic E-state index is 0.0424. The number of allylic oxidation sites excluding steroid dienone is 2. The summed E-state index contributed by atoms with van der Waals surface area (Å²) in [5, 5.41) is 0. The predicted molar refractivity (Wildman–Crippen MR) is 72.2 cm³/mol. The monoisotopic (exact) mass is 262 g/mol. The van der Waals surface area contributed by atoms with E-state index in [0.29, 0.717) is 18.4 Å². The Bertz CT molecular complexity index is 398. The van der Waals surface area contributed by atoms with E-state index in [1.807, 2.05) is 0 Å². The second-order valence-electron chi connectivity index (χ2n) is 5.85. The number of fused-ring (bicyclic) bond motifs is 5. The molecule has 4 atom stereocenters. The number of rotatable bonds is 5. The van der Waals surface area contributed by atoms with Crippen molar-refractivity contribution < 1.29 is 9.59 Å². The average molecular weight is 262 g/mol. The Morgan fingerprint density at radius 2 is 1.63 bits per heavy atom. The number of amides is 2. The second kappa shape index (κ2) is 4.75. The molecule has 4 heteroatoms. The molecule has 104 valence electrons. The Morgan fingerprint density at radius 1 is 1.11 bits per heavy atom. The first-order chi connectivity index (χ1) is 9.17. The Labute approximate surface area is 114 Å². The van der Waals surface area contributed by atoms with Gasteiger partial charge in [0, 0.05) is 13.1 Å². The van der Waals surface area contributed by atoms with E-state index in [9.17, 15) is 9.59 Å². The van der Waals surface area contributed by atoms with E-state index in [1.165, 1.54) is 4.90 Å². The summed E-state index contributed by atoms with van der Waals surface area (Å²) in [6, 6.07) is 0. The molecule has 0 radical (unpaired) electrons. The number of carbonyl (C=O) groups excluding carboxylic acids is 2. The summed E-state index contributed by atoms with van der Waals surface area (Å²) in [5.41, 5.74) is 0. The molecule has 3 rings (SSSR count). The van der Waals surface area contributed by atoms with Crippen molar-refractivity contribution in [2.45, 2.75) is 20.3 Å². The highest BCUT2D eigenvalue weighted by molar-refractivity contribution is 6.06. The maximum Gasteiger partial charge on any atom is 0.233 e. The van der Waals surface area contributed by atoms with Gasteiger partial charge in [-0.05, 0) is 31.3 Å². The second-order valence-corrected chi connectivity index (χ2v) is 5.85. The van der Waals surface area contributed by atoms with Crippen LogP contribution < -0.4 is 0 Å². The minimum atomic E-state index is -0.0424. The third kappa shape index (κ3) is 1.84. The minimum Gasteiger partial charge on any atom is -0.302 e. The number of hydrogen-bond donors (Lipinski definition) is 0. The number of likely N-dealkylation sites (N-methyl/N-ethyl adjacent to an activating group) is 1. The highest BCUT2D eigenvalue weighted by Gasteiger charge is 2.58. The van der Waals surface area contributed by atoms with Crippen molar-refractivity contribution in [1.29, 1.82) is 0 Å². The van der Waals surface area contributed by atoms with Crippen molar-refractivity contribution in [2.24, 2.45) is 23.7 Å². The zero-order chi connectivity index (χ0) is 13.6. The number of carbonyl (C=O) groups is 2. The Kier molecular flexibility index (Phi) is 3.21. The van der Waals surface area contributed by atoms with Gasteiger partial charge in [0.1, 0.15) is 0 Å². The molecule has 19 heavy (non-hydrogen) atoms. The molecule has 1 saturated carbocycles. The molecular weight excluding hydrogens is 240 g/mol. The lowest BCUT2D eigenvalue weighted by molar-refractivity contribution is -0.140. The molecule has 3 aliphatic rings. The van der Waals surface area contributed by atoms with Gasteiger partial charge in [0.05, 0.1) is 11.8 Å². The van der Waals surface area contributed by atoms with Crippen molar-refractivity contribution >= 4 is 11.8 Å². The average Bonchev–Trinajstić information content (AvgIpc) is 3.08. The maximum atomic E-state index is 12.4. The summed E-state index contributed by atoms with van der Waals surface area (Å²) in [6.07, 6.45) is 5.30. The molecule has 4 unspecified atom stereocenters. The summed E-state index contributed by atoms with van der Waals surface area (Å²) < 4.78 is 0. The predicted octanol–water partition coefficient (Wildman–Crippen LogP) is 1.14. The standard InChI is InChI=1S/C15H22N2O2/c1-3-16(4-2)7-8-17-14(18)12-10-5-6-11(9-10)13(12)15(17)19/h5-6,10-13H,3-4,7-9H2,1-2H3. The Morgan fingerprint density at radius 3 is 2.11 bits per heavy atom. The van der Waals surface area contributed by atoms with Gasteiger partial charge in [-0.1, -0.05) is 26.0 Å². The highest BCUT2D eigenvalue weighted by atomic mass is 16.2. The van der Waals surface area contributed by atoms with Gasteiger partial charge < -0.3 is 4.90 Å². The maximum absolute atomic E-state index is 12.4. The zero-order valence-corrected chi connectivity index (χ0v) is 11.7. The van der Waals surface area contributed by atoms with E-state index < -0.39 is 0 Å². The molecule has 0 N–H and O–H groups in total. The normalized spacial score (nSPS) is 35.8. The summed E-state index contributed by atoms with van der Waals surface area (Å²) in [7, 11) is 0. The van der Waals surface area contributed by atoms with Gasteiger partial charge in [-0.3, -0.25) is 14.5 Å². The summed E-state index contributed by atoms with van der Waals surface area (Å²) in [4.78, 5) is 28.6. The summed E-state index contributed by atoms with van der Waals surface area (Å²) >= 11 is 0. The van der Waals surface area contributed by atoms with Crippen molar-refractivity contribution in [1.82, 2.24) is 9.80 Å². The van der Waals surface area contributed by atoms with Gasteiger partial charge in [-0.2, -0.15) is 0 Å². The van der Waals surface area contributed by atoms with Crippen LogP contribution in [-0.4, -0.2) is 47.8 Å². The molecule has 1 saturated heterocycles. The van der Waals surface area contributed by atoms with Crippen LogP contribution in [0, 0.1) is 23.7 Å². The molecular formula is C15H22N2O2. The molecule has 2 aliphatic carbocycles. The van der Waals surface area contributed by atoms with Crippen LogP contribution in [0.15, 0.2) is 12.2 Å². The lowest BCUT2D eigenvalue weighted by Crippen LogP contribution is -2.39. The summed E-state index contributed by atoms with van der Waals surface area (Å²) in [5.74, 6) is 0.728. The topological polar surface area (TPSA) is 40.6 Å². The third-order valence-corrected chi connectivity index (χ3v) is 5.10. The van der Waals surface area contributed by atoms with Gasteiger partial charge in [-0.25, -0.2) is 0 Å². The van der Waals surface area contributed by atoms with Crippen LogP contribution in [0.25, 0.3) is 0 Å². The number of hydrogen-bond acceptors (Lipinski definition) is 3. The number of nitrogens with zero attached hydrogens (tertiary/aromatic N) is 2. The van der Waals surface area contributed by atoms with Crippen LogP contribution in [0.3, 0.4) is 0 Å². The molecule has 2 fully saturated rings. The SMILES string of the molecule is CCN(CC)CCN1C(=O)C2C3C=CC(C3)C2C1=O. The van der Waals surface area contributed by atoms with E-state index in [2.05, 4.69) is 30.9 Å². The molecule has 1 heterocycles. The molecule has 2 bridgehead atoms. The van der Waals surface area contributed by atoms with Crippen molar-refractivity contribution in [3.8, 4) is 0 Å². The van der Waals surface area contributed by atoms with E-state index in [-0.39, 0.29) is 23.7 Å². The molecule has 0 aromatic heterocycles. The Hall–Kier alpha value is -1.16. The van der Waals surface area contributed by atoms with Crippen molar-refractivity contribution in [2.75, 3.05) is 26.2 Å². The molecule has 1 aliphatic heterocycles. The number of likely N-dealkylation sites (tertiary alicyclic amines) is 1. The first-order valence-electron chi connectivity index (χ1n) is 7.43. The number of imide groups is 1. The van der Waals surface area contributed by atoms with Crippen LogP contribution in [-0.2, 0) is 9.59 Å². The van der Waals surface area contributed by atoms with E-state index in [1.54, 1.807) is 0 Å². The van der Waals surface area contributed by atoms with Gasteiger partial charge in [-0.15, -0.1) is 0 Å². The first kappa shape index (κ1) is 12.9. The van der Waals surface area contributed by atoms with Crippen LogP contribution >= 0.6 is 0 Å². The van der Waals surface area contributed by atoms with Gasteiger partial charge >= 0.3 is 0 Å². The molecule has 4 nitrogen and oxygen atoms in total. The summed E-state index contributed by atoms with van der Waals surface area (Å²) in [6.45, 7) is 7.50. The molecule has 0 spiro atoms. The van der Waals surface area contributed by atoms with Gasteiger partial charge in [0.15, 0.2) is 0 Å². The van der Waals surface area contributed by atoms with Gasteiger partial charge in [0.2, 0.25) is 11.8 Å². The van der Waals surface area contributed by atoms with Crippen LogP contribution in [0.2, 0.25) is 0 Å². The fraction of sp³-hybridized carbons (Fsp3) is 0.733. The van der Waals surface area contributed by atoms with E-state index in [4.69, 9.17) is 0 Å². The molecule has 0 aromatic rings. The largest absolute Gasteiger partial charge is 0.302 e. The lowest BCUT2D eigenvalue weighted by Gasteiger charge is -2.22. The van der Waals surface area contributed by atoms with Crippen molar-refractivity contribution in [3.63, 3.8) is 0 Å². The fourth-order valence-corrected chi connectivity index (χ4v) is 3.97. The van der Waals surface area contributed by atoms with Crippen molar-refractivity contribution in [3.05, 3.63) is 12.2 Å². The molecule has 2 amide bonds. The quantitative estimate of drug-likeness (QED) is 0.551. The lowest BCUT2D eigenvalue weighted by atomic mass is 9.85. The van der Waals surface area contributed by atoms with Crippen LogP contribution in [0.4, 0.5) is 0 Å². The smallest absolute Gasteiger partial charge is 0.233 e. The fourth-order valence-electron chi connectivity index (χ4n) is 3.97. The van der Waals surface area contributed by atoms with Gasteiger partial charge in [0.25, 0.3) is 0 Å². The van der Waals surface area contributed by atoms with Crippen LogP contribution in [0.1, 0.15) is 20.3 Å².